The highest BCUT2D eigenvalue weighted by atomic mass is 35.5. The molecule has 0 aliphatic rings. The average Bonchev–Trinajstić information content (AvgIpc) is 2.17. The lowest BCUT2D eigenvalue weighted by molar-refractivity contribution is 0.861. The highest BCUT2D eigenvalue weighted by molar-refractivity contribution is 6.35. The summed E-state index contributed by atoms with van der Waals surface area (Å²) in [6, 6.07) is 5.07. The Morgan fingerprint density at radius 1 is 1.50 bits per heavy atom. The molecule has 2 N–H and O–H groups in total. The van der Waals surface area contributed by atoms with Gasteiger partial charge in [-0.05, 0) is 12.1 Å². The van der Waals surface area contributed by atoms with Crippen molar-refractivity contribution in [2.24, 2.45) is 7.05 Å². The van der Waals surface area contributed by atoms with Crippen molar-refractivity contribution in [3.63, 3.8) is 0 Å². The van der Waals surface area contributed by atoms with E-state index in [-0.39, 0.29) is 11.5 Å². The zero-order chi connectivity index (χ0) is 10.3. The van der Waals surface area contributed by atoms with Gasteiger partial charge in [-0.1, -0.05) is 17.7 Å². The van der Waals surface area contributed by atoms with Gasteiger partial charge >= 0.3 is 0 Å². The zero-order valence-electron chi connectivity index (χ0n) is 7.49. The van der Waals surface area contributed by atoms with Gasteiger partial charge in [-0.15, -0.1) is 0 Å². The third kappa shape index (κ3) is 1.15. The fraction of sp³-hybridized carbons (Fsp3) is 0.111. The molecule has 2 aromatic rings. The molecular weight excluding hydrogens is 202 g/mol. The Morgan fingerprint density at radius 3 is 2.93 bits per heavy atom. The minimum absolute atomic E-state index is 0.163. The number of para-hydroxylation sites is 1. The number of fused-ring (bicyclic) bond motifs is 1. The predicted molar refractivity (Wildman–Crippen MR) is 56.4 cm³/mol. The van der Waals surface area contributed by atoms with Crippen LogP contribution in [0.4, 0.5) is 5.95 Å². The number of hydrogen-bond acceptors (Lipinski definition) is 3. The number of anilines is 1. The summed E-state index contributed by atoms with van der Waals surface area (Å²) < 4.78 is 1.29. The lowest BCUT2D eigenvalue weighted by atomic mass is 10.2. The second-order valence-corrected chi connectivity index (χ2v) is 3.38. The quantitative estimate of drug-likeness (QED) is 0.709. The van der Waals surface area contributed by atoms with Crippen molar-refractivity contribution in [2.45, 2.75) is 0 Å². The van der Waals surface area contributed by atoms with E-state index in [0.29, 0.717) is 15.9 Å². The molecule has 0 bridgehead atoms. The number of nitrogens with zero attached hydrogens (tertiary/aromatic N) is 2. The van der Waals surface area contributed by atoms with Gasteiger partial charge in [0, 0.05) is 7.05 Å². The van der Waals surface area contributed by atoms with E-state index in [1.807, 2.05) is 0 Å². The monoisotopic (exact) mass is 209 g/mol. The van der Waals surface area contributed by atoms with Crippen LogP contribution in [0.3, 0.4) is 0 Å². The van der Waals surface area contributed by atoms with Crippen LogP contribution in [0.1, 0.15) is 0 Å². The summed E-state index contributed by atoms with van der Waals surface area (Å²) in [6.45, 7) is 0. The van der Waals surface area contributed by atoms with Gasteiger partial charge in [0.1, 0.15) is 0 Å². The van der Waals surface area contributed by atoms with Gasteiger partial charge < -0.3 is 5.73 Å². The van der Waals surface area contributed by atoms with Gasteiger partial charge in [0.05, 0.1) is 15.9 Å². The Morgan fingerprint density at radius 2 is 2.21 bits per heavy atom. The van der Waals surface area contributed by atoms with E-state index in [0.717, 1.165) is 0 Å². The molecule has 14 heavy (non-hydrogen) atoms. The van der Waals surface area contributed by atoms with Gasteiger partial charge in [-0.3, -0.25) is 9.36 Å². The summed E-state index contributed by atoms with van der Waals surface area (Å²) in [7, 11) is 1.57. The SMILES string of the molecule is Cn1c(N)nc2c(Cl)cccc2c1=O. The highest BCUT2D eigenvalue weighted by Gasteiger charge is 2.07. The van der Waals surface area contributed by atoms with Gasteiger partial charge in [-0.2, -0.15) is 0 Å². The normalized spacial score (nSPS) is 10.7. The zero-order valence-corrected chi connectivity index (χ0v) is 8.25. The molecule has 0 unspecified atom stereocenters. The lowest BCUT2D eigenvalue weighted by Gasteiger charge is -2.04. The van der Waals surface area contributed by atoms with Gasteiger partial charge in [0.2, 0.25) is 5.95 Å². The Bertz CT molecular complexity index is 562. The second kappa shape index (κ2) is 2.99. The fourth-order valence-corrected chi connectivity index (χ4v) is 1.49. The van der Waals surface area contributed by atoms with Crippen molar-refractivity contribution in [3.05, 3.63) is 33.6 Å². The van der Waals surface area contributed by atoms with Gasteiger partial charge in [-0.25, -0.2) is 4.98 Å². The van der Waals surface area contributed by atoms with E-state index in [1.165, 1.54) is 4.57 Å². The molecule has 5 heteroatoms. The molecule has 0 saturated heterocycles. The number of nitrogen functional groups attached to an aromatic ring is 1. The van der Waals surface area contributed by atoms with Crippen molar-refractivity contribution in [2.75, 3.05) is 5.73 Å². The van der Waals surface area contributed by atoms with Crippen molar-refractivity contribution in [1.29, 1.82) is 0 Å². The van der Waals surface area contributed by atoms with E-state index < -0.39 is 0 Å². The number of hydrogen-bond donors (Lipinski definition) is 1. The van der Waals surface area contributed by atoms with Crippen LogP contribution in [0.5, 0.6) is 0 Å². The Balaban J connectivity index is 3.06. The standard InChI is InChI=1S/C9H8ClN3O/c1-13-8(14)5-3-2-4-6(10)7(5)12-9(13)11/h2-4H,1H3,(H2,11,12). The maximum atomic E-state index is 11.7. The molecule has 1 aromatic heterocycles. The molecule has 0 amide bonds. The summed E-state index contributed by atoms with van der Waals surface area (Å²) in [6.07, 6.45) is 0. The largest absolute Gasteiger partial charge is 0.369 e. The highest BCUT2D eigenvalue weighted by Crippen LogP contribution is 2.18. The minimum atomic E-state index is -0.185. The van der Waals surface area contributed by atoms with E-state index in [9.17, 15) is 4.79 Å². The van der Waals surface area contributed by atoms with Crippen LogP contribution >= 0.6 is 11.6 Å². The maximum Gasteiger partial charge on any atom is 0.262 e. The molecule has 0 spiro atoms. The van der Waals surface area contributed by atoms with Gasteiger partial charge in [0.15, 0.2) is 0 Å². The number of nitrogens with two attached hydrogens (primary N) is 1. The van der Waals surface area contributed by atoms with Crippen LogP contribution in [-0.2, 0) is 7.05 Å². The molecule has 4 nitrogen and oxygen atoms in total. The molecule has 0 fully saturated rings. The molecular formula is C9H8ClN3O. The summed E-state index contributed by atoms with van der Waals surface area (Å²) >= 11 is 5.89. The van der Waals surface area contributed by atoms with Crippen molar-refractivity contribution in [3.8, 4) is 0 Å². The van der Waals surface area contributed by atoms with Crippen molar-refractivity contribution >= 4 is 28.5 Å². The molecule has 0 aliphatic heterocycles. The smallest absolute Gasteiger partial charge is 0.262 e. The molecule has 1 aromatic carbocycles. The first-order valence-corrected chi connectivity index (χ1v) is 4.40. The number of rotatable bonds is 0. The van der Waals surface area contributed by atoms with Crippen molar-refractivity contribution < 1.29 is 0 Å². The first-order valence-electron chi connectivity index (χ1n) is 4.02. The summed E-state index contributed by atoms with van der Waals surface area (Å²) in [5, 5.41) is 0.918. The molecule has 0 radical (unpaired) electrons. The second-order valence-electron chi connectivity index (χ2n) is 2.97. The molecule has 72 valence electrons. The van der Waals surface area contributed by atoms with Crippen LogP contribution in [0.25, 0.3) is 10.9 Å². The number of benzene rings is 1. The van der Waals surface area contributed by atoms with Crippen LogP contribution in [0.2, 0.25) is 5.02 Å². The van der Waals surface area contributed by atoms with E-state index >= 15 is 0 Å². The van der Waals surface area contributed by atoms with Crippen LogP contribution < -0.4 is 11.3 Å². The molecule has 0 aliphatic carbocycles. The average molecular weight is 210 g/mol. The first kappa shape index (κ1) is 9.02. The van der Waals surface area contributed by atoms with Crippen LogP contribution in [0.15, 0.2) is 23.0 Å². The molecule has 0 saturated carbocycles. The Hall–Kier alpha value is -1.55. The maximum absolute atomic E-state index is 11.7. The summed E-state index contributed by atoms with van der Waals surface area (Å²) in [5.41, 5.74) is 5.82. The van der Waals surface area contributed by atoms with E-state index in [1.54, 1.807) is 25.2 Å². The number of halogens is 1. The summed E-state index contributed by atoms with van der Waals surface area (Å²) in [5.74, 6) is 0.163. The number of aromatic nitrogens is 2. The topological polar surface area (TPSA) is 60.9 Å². The summed E-state index contributed by atoms with van der Waals surface area (Å²) in [4.78, 5) is 15.7. The van der Waals surface area contributed by atoms with E-state index in [4.69, 9.17) is 17.3 Å². The minimum Gasteiger partial charge on any atom is -0.369 e. The predicted octanol–water partition coefficient (Wildman–Crippen LogP) is 1.17. The third-order valence-corrected chi connectivity index (χ3v) is 2.40. The van der Waals surface area contributed by atoms with Crippen molar-refractivity contribution in [1.82, 2.24) is 9.55 Å². The van der Waals surface area contributed by atoms with Crippen LogP contribution in [0, 0.1) is 0 Å². The molecule has 2 rings (SSSR count). The first-order chi connectivity index (χ1) is 6.61. The molecule has 0 atom stereocenters. The Kier molecular flexibility index (Phi) is 1.93. The molecule has 1 heterocycles. The Labute approximate surface area is 84.9 Å². The fourth-order valence-electron chi connectivity index (χ4n) is 1.28. The lowest BCUT2D eigenvalue weighted by Crippen LogP contribution is -2.21. The van der Waals surface area contributed by atoms with Gasteiger partial charge in [0.25, 0.3) is 5.56 Å². The van der Waals surface area contributed by atoms with E-state index in [2.05, 4.69) is 4.98 Å². The third-order valence-electron chi connectivity index (χ3n) is 2.09. The van der Waals surface area contributed by atoms with Crippen LogP contribution in [-0.4, -0.2) is 9.55 Å².